The normalized spacial score (nSPS) is 12.5. The number of hydrogen-bond donors (Lipinski definition) is 2. The van der Waals surface area contributed by atoms with Gasteiger partial charge in [0.1, 0.15) is 11.3 Å². The van der Waals surface area contributed by atoms with Crippen LogP contribution in [-0.2, 0) is 0 Å². The van der Waals surface area contributed by atoms with E-state index < -0.39 is 17.1 Å². The minimum Gasteiger partial charge on any atom is -0.494 e. The Kier molecular flexibility index (Phi) is 5.57. The van der Waals surface area contributed by atoms with Crippen molar-refractivity contribution in [3.63, 3.8) is 0 Å². The fraction of sp³-hybridized carbons (Fsp3) is 0.353. The quantitative estimate of drug-likeness (QED) is 0.789. The Labute approximate surface area is 139 Å². The van der Waals surface area contributed by atoms with Gasteiger partial charge in [0.2, 0.25) is 5.88 Å². The summed E-state index contributed by atoms with van der Waals surface area (Å²) in [6.07, 6.45) is 2.10. The van der Waals surface area contributed by atoms with E-state index in [1.165, 1.54) is 6.21 Å². The zero-order valence-corrected chi connectivity index (χ0v) is 13.9. The van der Waals surface area contributed by atoms with Crippen molar-refractivity contribution in [2.45, 2.75) is 33.2 Å². The van der Waals surface area contributed by atoms with Crippen LogP contribution in [0.5, 0.6) is 11.6 Å². The predicted octanol–water partition coefficient (Wildman–Crippen LogP) is 1.85. The van der Waals surface area contributed by atoms with Gasteiger partial charge in [-0.25, -0.2) is 9.36 Å². The average molecular weight is 331 g/mol. The maximum Gasteiger partial charge on any atom is 0.335 e. The smallest absolute Gasteiger partial charge is 0.335 e. The minimum atomic E-state index is -0.720. The van der Waals surface area contributed by atoms with Crippen molar-refractivity contribution in [3.8, 4) is 17.3 Å². The van der Waals surface area contributed by atoms with Crippen molar-refractivity contribution in [1.82, 2.24) is 9.55 Å². The lowest BCUT2D eigenvalue weighted by molar-refractivity contribution is 0.340. The number of ether oxygens (including phenoxy) is 1. The van der Waals surface area contributed by atoms with Crippen LogP contribution in [0.4, 0.5) is 0 Å². The molecule has 7 nitrogen and oxygen atoms in total. The fourth-order valence-corrected chi connectivity index (χ4v) is 2.06. The lowest BCUT2D eigenvalue weighted by Crippen LogP contribution is -2.31. The van der Waals surface area contributed by atoms with Gasteiger partial charge in [-0.15, -0.1) is 0 Å². The molecule has 1 aromatic heterocycles. The summed E-state index contributed by atoms with van der Waals surface area (Å²) in [7, 11) is 0. The molecule has 0 spiro atoms. The first-order chi connectivity index (χ1) is 11.5. The summed E-state index contributed by atoms with van der Waals surface area (Å²) in [5, 5.41) is 10.4. The fourth-order valence-electron chi connectivity index (χ4n) is 2.06. The van der Waals surface area contributed by atoms with Crippen LogP contribution >= 0.6 is 0 Å². The third-order valence-electron chi connectivity index (χ3n) is 3.58. The molecule has 0 amide bonds. The van der Waals surface area contributed by atoms with Crippen molar-refractivity contribution in [1.29, 1.82) is 0 Å². The average Bonchev–Trinajstić information content (AvgIpc) is 2.55. The summed E-state index contributed by atoms with van der Waals surface area (Å²) in [4.78, 5) is 30.4. The van der Waals surface area contributed by atoms with E-state index in [4.69, 9.17) is 4.74 Å². The van der Waals surface area contributed by atoms with Crippen LogP contribution in [0.2, 0.25) is 0 Å². The van der Waals surface area contributed by atoms with Crippen molar-refractivity contribution in [3.05, 3.63) is 50.7 Å². The van der Waals surface area contributed by atoms with E-state index in [9.17, 15) is 14.7 Å². The molecule has 2 aromatic rings. The summed E-state index contributed by atoms with van der Waals surface area (Å²) in [5.74, 6) is 0.205. The molecule has 7 heteroatoms. The summed E-state index contributed by atoms with van der Waals surface area (Å²) < 4.78 is 6.37. The molecule has 1 aromatic carbocycles. The second-order valence-corrected chi connectivity index (χ2v) is 5.29. The number of rotatable bonds is 6. The zero-order valence-electron chi connectivity index (χ0n) is 13.9. The molecule has 128 valence electrons. The molecule has 24 heavy (non-hydrogen) atoms. The Morgan fingerprint density at radius 2 is 1.96 bits per heavy atom. The molecular formula is C17H21N3O4. The number of benzene rings is 1. The van der Waals surface area contributed by atoms with Crippen molar-refractivity contribution in [2.75, 3.05) is 6.61 Å². The Balaban J connectivity index is 2.52. The molecule has 0 saturated carbocycles. The van der Waals surface area contributed by atoms with Gasteiger partial charge in [0.25, 0.3) is 5.56 Å². The van der Waals surface area contributed by atoms with Crippen LogP contribution < -0.4 is 16.0 Å². The lowest BCUT2D eigenvalue weighted by Gasteiger charge is -2.11. The molecule has 0 aliphatic carbocycles. The zero-order chi connectivity index (χ0) is 17.7. The second kappa shape index (κ2) is 7.63. The van der Waals surface area contributed by atoms with Gasteiger partial charge in [0.05, 0.1) is 12.3 Å². The Morgan fingerprint density at radius 1 is 1.29 bits per heavy atom. The van der Waals surface area contributed by atoms with Crippen LogP contribution in [0.15, 0.2) is 38.8 Å². The van der Waals surface area contributed by atoms with E-state index >= 15 is 0 Å². The highest BCUT2D eigenvalue weighted by Gasteiger charge is 2.14. The third kappa shape index (κ3) is 3.73. The Hall–Kier alpha value is -2.83. The van der Waals surface area contributed by atoms with Gasteiger partial charge in [-0.05, 0) is 44.5 Å². The maximum absolute atomic E-state index is 12.1. The van der Waals surface area contributed by atoms with E-state index in [0.29, 0.717) is 18.0 Å². The number of aromatic hydroxyl groups is 1. The van der Waals surface area contributed by atoms with Gasteiger partial charge in [-0.3, -0.25) is 14.8 Å². The van der Waals surface area contributed by atoms with Gasteiger partial charge in [-0.2, -0.15) is 0 Å². The molecule has 2 rings (SSSR count). The lowest BCUT2D eigenvalue weighted by atomic mass is 10.2. The number of hydrogen-bond acceptors (Lipinski definition) is 5. The van der Waals surface area contributed by atoms with Crippen molar-refractivity contribution in [2.24, 2.45) is 4.99 Å². The SMILES string of the molecule is CCOc1ccc(-n2c(O)c(C=N[C@@H](C)CC)c(=O)[nH]c2=O)cc1. The number of aliphatic imine (C=N–C) groups is 1. The van der Waals surface area contributed by atoms with Gasteiger partial charge >= 0.3 is 5.69 Å². The number of aromatic amines is 1. The monoisotopic (exact) mass is 331 g/mol. The summed E-state index contributed by atoms with van der Waals surface area (Å²) in [5.41, 5.74) is -1.03. The molecule has 2 N–H and O–H groups in total. The molecule has 1 atom stereocenters. The molecule has 0 unspecified atom stereocenters. The van der Waals surface area contributed by atoms with Crippen molar-refractivity contribution >= 4 is 6.21 Å². The number of nitrogens with one attached hydrogen (secondary N) is 1. The topological polar surface area (TPSA) is 96.7 Å². The van der Waals surface area contributed by atoms with Gasteiger partial charge in [-0.1, -0.05) is 6.92 Å². The molecule has 0 saturated heterocycles. The highest BCUT2D eigenvalue weighted by Crippen LogP contribution is 2.19. The molecular weight excluding hydrogens is 310 g/mol. The van der Waals surface area contributed by atoms with Crippen molar-refractivity contribution < 1.29 is 9.84 Å². The first kappa shape index (κ1) is 17.5. The molecule has 0 aliphatic heterocycles. The largest absolute Gasteiger partial charge is 0.494 e. The van der Waals surface area contributed by atoms with E-state index in [0.717, 1.165) is 11.0 Å². The van der Waals surface area contributed by atoms with Gasteiger partial charge in [0, 0.05) is 12.3 Å². The number of H-pyrrole nitrogens is 1. The minimum absolute atomic E-state index is 0.00894. The molecule has 0 bridgehead atoms. The van der Waals surface area contributed by atoms with Crippen LogP contribution in [0.1, 0.15) is 32.8 Å². The summed E-state index contributed by atoms with van der Waals surface area (Å²) in [6.45, 7) is 6.26. The Morgan fingerprint density at radius 3 is 2.54 bits per heavy atom. The van der Waals surface area contributed by atoms with E-state index in [2.05, 4.69) is 9.98 Å². The van der Waals surface area contributed by atoms with E-state index in [-0.39, 0.29) is 11.6 Å². The molecule has 1 heterocycles. The maximum atomic E-state index is 12.1. The standard InChI is InChI=1S/C17H21N3O4/c1-4-11(3)18-10-14-15(21)19-17(23)20(16(14)22)12-6-8-13(9-7-12)24-5-2/h6-11,22H,4-5H2,1-3H3,(H,19,21,23)/t11-/m0/s1. The third-order valence-corrected chi connectivity index (χ3v) is 3.58. The predicted molar refractivity (Wildman–Crippen MR) is 92.8 cm³/mol. The van der Waals surface area contributed by atoms with Crippen LogP contribution in [0.25, 0.3) is 5.69 Å². The molecule has 0 radical (unpaired) electrons. The summed E-state index contributed by atoms with van der Waals surface area (Å²) >= 11 is 0. The Bertz CT molecular complexity index is 834. The first-order valence-corrected chi connectivity index (χ1v) is 7.82. The van der Waals surface area contributed by atoms with Gasteiger partial charge in [0.15, 0.2) is 0 Å². The molecule has 0 aliphatic rings. The van der Waals surface area contributed by atoms with E-state index in [1.807, 2.05) is 20.8 Å². The van der Waals surface area contributed by atoms with E-state index in [1.54, 1.807) is 24.3 Å². The van der Waals surface area contributed by atoms with Crippen LogP contribution in [-0.4, -0.2) is 33.5 Å². The molecule has 0 fully saturated rings. The first-order valence-electron chi connectivity index (χ1n) is 7.82. The van der Waals surface area contributed by atoms with Gasteiger partial charge < -0.3 is 9.84 Å². The number of nitrogens with zero attached hydrogens (tertiary/aromatic N) is 2. The number of aromatic nitrogens is 2. The van der Waals surface area contributed by atoms with Crippen LogP contribution in [0.3, 0.4) is 0 Å². The summed E-state index contributed by atoms with van der Waals surface area (Å²) in [6, 6.07) is 6.63. The second-order valence-electron chi connectivity index (χ2n) is 5.29. The highest BCUT2D eigenvalue weighted by molar-refractivity contribution is 5.82. The van der Waals surface area contributed by atoms with Crippen LogP contribution in [0, 0.1) is 0 Å². The highest BCUT2D eigenvalue weighted by atomic mass is 16.5.